The fourth-order valence-electron chi connectivity index (χ4n) is 2.03. The summed E-state index contributed by atoms with van der Waals surface area (Å²) >= 11 is 0. The number of rotatable bonds is 3. The van der Waals surface area contributed by atoms with Gasteiger partial charge in [-0.25, -0.2) is 4.98 Å². The highest BCUT2D eigenvalue weighted by atomic mass is 16.1. The molecule has 0 spiro atoms. The monoisotopic (exact) mass is 246 g/mol. The van der Waals surface area contributed by atoms with Crippen LogP contribution in [-0.4, -0.2) is 21.4 Å². The number of amides is 2. The number of aryl methyl sites for hydroxylation is 1. The Hall–Kier alpha value is -2.37. The van der Waals surface area contributed by atoms with E-state index >= 15 is 0 Å². The molecule has 1 aliphatic rings. The van der Waals surface area contributed by atoms with Crippen molar-refractivity contribution in [2.24, 2.45) is 18.5 Å². The summed E-state index contributed by atoms with van der Waals surface area (Å²) in [6, 6.07) is 0. The van der Waals surface area contributed by atoms with E-state index in [9.17, 15) is 9.59 Å². The van der Waals surface area contributed by atoms with Crippen LogP contribution in [0.25, 0.3) is 0 Å². The van der Waals surface area contributed by atoms with Crippen LogP contribution in [0.4, 0.5) is 0 Å². The zero-order valence-electron chi connectivity index (χ0n) is 9.96. The quantitative estimate of drug-likeness (QED) is 0.752. The standard InChI is InChI=1S/C12H14N4O2/c1-16-6-9(15-7-16)12(11(14)18)4-2-3-8(5-12)10(13)17/h2-4,6-7H,5H2,1H3,(H2,13,17)(H2,14,18). The van der Waals surface area contributed by atoms with Gasteiger partial charge in [0.25, 0.3) is 0 Å². The smallest absolute Gasteiger partial charge is 0.244 e. The van der Waals surface area contributed by atoms with Crippen LogP contribution in [0, 0.1) is 0 Å². The molecule has 4 N–H and O–H groups in total. The number of allylic oxidation sites excluding steroid dienone is 2. The van der Waals surface area contributed by atoms with Gasteiger partial charge in [0.05, 0.1) is 12.0 Å². The molecule has 2 rings (SSSR count). The van der Waals surface area contributed by atoms with Crippen LogP contribution in [0.5, 0.6) is 0 Å². The Morgan fingerprint density at radius 3 is 2.67 bits per heavy atom. The summed E-state index contributed by atoms with van der Waals surface area (Å²) in [6.07, 6.45) is 8.29. The van der Waals surface area contributed by atoms with Gasteiger partial charge in [0, 0.05) is 25.2 Å². The third kappa shape index (κ3) is 1.81. The zero-order valence-corrected chi connectivity index (χ0v) is 9.96. The molecule has 18 heavy (non-hydrogen) atoms. The van der Waals surface area contributed by atoms with Gasteiger partial charge in [0.2, 0.25) is 11.8 Å². The van der Waals surface area contributed by atoms with E-state index in [4.69, 9.17) is 11.5 Å². The molecular formula is C12H14N4O2. The number of nitrogens with two attached hydrogens (primary N) is 2. The van der Waals surface area contributed by atoms with Crippen molar-refractivity contribution in [1.29, 1.82) is 0 Å². The topological polar surface area (TPSA) is 104 Å². The molecule has 1 atom stereocenters. The molecule has 1 aromatic rings. The highest BCUT2D eigenvalue weighted by Crippen LogP contribution is 2.34. The number of imidazole rings is 1. The fraction of sp³-hybridized carbons (Fsp3) is 0.250. The van der Waals surface area contributed by atoms with E-state index in [2.05, 4.69) is 4.98 Å². The predicted molar refractivity (Wildman–Crippen MR) is 65.1 cm³/mol. The molecule has 0 bridgehead atoms. The summed E-state index contributed by atoms with van der Waals surface area (Å²) < 4.78 is 1.72. The van der Waals surface area contributed by atoms with Gasteiger partial charge in [0.1, 0.15) is 5.41 Å². The molecule has 0 radical (unpaired) electrons. The highest BCUT2D eigenvalue weighted by molar-refractivity contribution is 5.97. The average molecular weight is 246 g/mol. The van der Waals surface area contributed by atoms with Crippen molar-refractivity contribution in [3.8, 4) is 0 Å². The lowest BCUT2D eigenvalue weighted by molar-refractivity contribution is -0.122. The molecule has 0 fully saturated rings. The lowest BCUT2D eigenvalue weighted by Gasteiger charge is -2.28. The third-order valence-electron chi connectivity index (χ3n) is 3.07. The van der Waals surface area contributed by atoms with Gasteiger partial charge in [-0.05, 0) is 0 Å². The second kappa shape index (κ2) is 4.14. The first-order valence-electron chi connectivity index (χ1n) is 5.42. The van der Waals surface area contributed by atoms with Crippen LogP contribution in [0.3, 0.4) is 0 Å². The van der Waals surface area contributed by atoms with E-state index < -0.39 is 17.2 Å². The van der Waals surface area contributed by atoms with Gasteiger partial charge in [-0.1, -0.05) is 18.2 Å². The van der Waals surface area contributed by atoms with Gasteiger partial charge in [-0.3, -0.25) is 9.59 Å². The lowest BCUT2D eigenvalue weighted by Crippen LogP contribution is -2.42. The average Bonchev–Trinajstić information content (AvgIpc) is 2.76. The van der Waals surface area contributed by atoms with Gasteiger partial charge >= 0.3 is 0 Å². The van der Waals surface area contributed by atoms with E-state index in [1.165, 1.54) is 0 Å². The van der Waals surface area contributed by atoms with Gasteiger partial charge in [-0.15, -0.1) is 0 Å². The Morgan fingerprint density at radius 2 is 2.17 bits per heavy atom. The molecule has 6 heteroatoms. The second-order valence-electron chi connectivity index (χ2n) is 4.35. The van der Waals surface area contributed by atoms with Crippen molar-refractivity contribution in [1.82, 2.24) is 9.55 Å². The first-order valence-corrected chi connectivity index (χ1v) is 5.42. The molecule has 6 nitrogen and oxygen atoms in total. The minimum absolute atomic E-state index is 0.144. The molecule has 0 aromatic carbocycles. The Balaban J connectivity index is 2.49. The van der Waals surface area contributed by atoms with Crippen LogP contribution in [0.1, 0.15) is 12.1 Å². The maximum absolute atomic E-state index is 11.8. The maximum atomic E-state index is 11.8. The molecule has 1 aliphatic carbocycles. The van der Waals surface area contributed by atoms with Crippen LogP contribution in [0.15, 0.2) is 36.3 Å². The summed E-state index contributed by atoms with van der Waals surface area (Å²) in [5, 5.41) is 0. The first kappa shape index (κ1) is 12.1. The van der Waals surface area contributed by atoms with E-state index in [0.717, 1.165) is 0 Å². The summed E-state index contributed by atoms with van der Waals surface area (Å²) in [6.45, 7) is 0. The Kier molecular flexibility index (Phi) is 2.78. The Labute approximate surface area is 104 Å². The maximum Gasteiger partial charge on any atom is 0.244 e. The van der Waals surface area contributed by atoms with Crippen LogP contribution in [-0.2, 0) is 22.1 Å². The Bertz CT molecular complexity index is 570. The first-order chi connectivity index (χ1) is 8.45. The molecule has 2 amide bonds. The zero-order chi connectivity index (χ0) is 13.3. The van der Waals surface area contributed by atoms with Crippen molar-refractivity contribution < 1.29 is 9.59 Å². The molecule has 1 unspecified atom stereocenters. The second-order valence-corrected chi connectivity index (χ2v) is 4.35. The number of aromatic nitrogens is 2. The SMILES string of the molecule is Cn1cnc(C2(C(N)=O)C=CC=C(C(N)=O)C2)c1. The molecular weight excluding hydrogens is 232 g/mol. The van der Waals surface area contributed by atoms with E-state index in [-0.39, 0.29) is 6.42 Å². The number of hydrogen-bond acceptors (Lipinski definition) is 3. The van der Waals surface area contributed by atoms with E-state index in [1.807, 2.05) is 0 Å². The largest absolute Gasteiger partial charge is 0.369 e. The van der Waals surface area contributed by atoms with Crippen LogP contribution in [0.2, 0.25) is 0 Å². The van der Waals surface area contributed by atoms with Gasteiger partial charge in [0.15, 0.2) is 0 Å². The number of carbonyl (C=O) groups is 2. The normalized spacial score (nSPS) is 22.6. The molecule has 1 aromatic heterocycles. The molecule has 0 aliphatic heterocycles. The highest BCUT2D eigenvalue weighted by Gasteiger charge is 2.41. The summed E-state index contributed by atoms with van der Waals surface area (Å²) in [7, 11) is 1.79. The predicted octanol–water partition coefficient (Wildman–Crippen LogP) is -0.485. The van der Waals surface area contributed by atoms with Crippen molar-refractivity contribution >= 4 is 11.8 Å². The van der Waals surface area contributed by atoms with Crippen molar-refractivity contribution in [3.63, 3.8) is 0 Å². The van der Waals surface area contributed by atoms with Gasteiger partial charge < -0.3 is 16.0 Å². The summed E-state index contributed by atoms with van der Waals surface area (Å²) in [4.78, 5) is 27.2. The molecule has 94 valence electrons. The minimum Gasteiger partial charge on any atom is -0.369 e. The summed E-state index contributed by atoms with van der Waals surface area (Å²) in [5.41, 5.74) is 10.5. The Morgan fingerprint density at radius 1 is 1.44 bits per heavy atom. The number of hydrogen-bond donors (Lipinski definition) is 2. The van der Waals surface area contributed by atoms with Crippen molar-refractivity contribution in [2.45, 2.75) is 11.8 Å². The van der Waals surface area contributed by atoms with E-state index in [0.29, 0.717) is 11.3 Å². The lowest BCUT2D eigenvalue weighted by atomic mass is 9.75. The van der Waals surface area contributed by atoms with Gasteiger partial charge in [-0.2, -0.15) is 0 Å². The van der Waals surface area contributed by atoms with Crippen LogP contribution < -0.4 is 11.5 Å². The summed E-state index contributed by atoms with van der Waals surface area (Å²) in [5.74, 6) is -1.11. The number of carbonyl (C=O) groups excluding carboxylic acids is 2. The molecule has 0 saturated heterocycles. The number of primary amides is 2. The number of nitrogens with zero attached hydrogens (tertiary/aromatic N) is 2. The van der Waals surface area contributed by atoms with Crippen molar-refractivity contribution in [2.75, 3.05) is 0 Å². The molecule has 0 saturated carbocycles. The molecule has 1 heterocycles. The third-order valence-corrected chi connectivity index (χ3v) is 3.07. The fourth-order valence-corrected chi connectivity index (χ4v) is 2.03. The van der Waals surface area contributed by atoms with Crippen LogP contribution >= 0.6 is 0 Å². The van der Waals surface area contributed by atoms with Crippen molar-refractivity contribution in [3.05, 3.63) is 42.0 Å². The van der Waals surface area contributed by atoms with E-state index in [1.54, 1.807) is 42.4 Å². The minimum atomic E-state index is -1.10.